The maximum atomic E-state index is 4.92. The Morgan fingerprint density at radius 1 is 0.349 bits per heavy atom. The summed E-state index contributed by atoms with van der Waals surface area (Å²) in [5.41, 5.74) is 33.1. The van der Waals surface area contributed by atoms with Gasteiger partial charge in [0.1, 0.15) is 0 Å². The van der Waals surface area contributed by atoms with Gasteiger partial charge in [-0.3, -0.25) is 24.9 Å². The first-order chi connectivity index (χ1) is 41.9. The third-order valence-electron chi connectivity index (χ3n) is 17.2. The summed E-state index contributed by atoms with van der Waals surface area (Å²) in [4.78, 5) is 22.5. The Labute approximate surface area is 504 Å². The molecule has 0 amide bonds. The maximum Gasteiger partial charge on any atom is 0.215 e. The first kappa shape index (κ1) is 55.1. The highest BCUT2D eigenvalue weighted by Crippen LogP contribution is 2.36. The Balaban J connectivity index is 0.000000101. The van der Waals surface area contributed by atoms with Crippen LogP contribution >= 0.6 is 0 Å². The molecule has 0 saturated heterocycles. The van der Waals surface area contributed by atoms with Crippen LogP contribution in [-0.2, 0) is 32.7 Å². The lowest BCUT2D eigenvalue weighted by Crippen LogP contribution is -2.31. The highest BCUT2D eigenvalue weighted by atomic mass is 15.0. The van der Waals surface area contributed by atoms with Crippen molar-refractivity contribution in [2.45, 2.75) is 94.0 Å². The van der Waals surface area contributed by atoms with Crippen molar-refractivity contribution in [3.05, 3.63) is 287 Å². The smallest absolute Gasteiger partial charge is 0.215 e. The van der Waals surface area contributed by atoms with Crippen molar-refractivity contribution >= 4 is 0 Å². The summed E-state index contributed by atoms with van der Waals surface area (Å²) in [5.74, 6) is 0.499. The normalized spacial score (nSPS) is 12.3. The summed E-state index contributed by atoms with van der Waals surface area (Å²) in [6.07, 6.45) is 22.3. The lowest BCUT2D eigenvalue weighted by Gasteiger charge is -2.11. The number of benzene rings is 2. The molecule has 10 nitrogen and oxygen atoms in total. The third kappa shape index (κ3) is 10.8. The average Bonchev–Trinajstić information content (AvgIpc) is 3.96. The van der Waals surface area contributed by atoms with Crippen LogP contribution in [0, 0.1) is 41.5 Å². The van der Waals surface area contributed by atoms with Crippen molar-refractivity contribution < 1.29 is 22.8 Å². The predicted octanol–water partition coefficient (Wildman–Crippen LogP) is 13.3. The minimum Gasteiger partial charge on any atom is -0.264 e. The number of aryl methyl sites for hydroxylation is 6. The van der Waals surface area contributed by atoms with Crippen molar-refractivity contribution in [3.63, 3.8) is 0 Å². The zero-order chi connectivity index (χ0) is 59.0. The molecular formula is C76H71N10+5. The molecule has 17 rings (SSSR count). The maximum absolute atomic E-state index is 4.92. The highest BCUT2D eigenvalue weighted by molar-refractivity contribution is 5.75. The van der Waals surface area contributed by atoms with Gasteiger partial charge in [0.15, 0.2) is 63.7 Å². The molecule has 15 heterocycles. The van der Waals surface area contributed by atoms with Crippen molar-refractivity contribution in [2.75, 3.05) is 0 Å². The van der Waals surface area contributed by atoms with Gasteiger partial charge in [-0.05, 0) is 130 Å². The van der Waals surface area contributed by atoms with E-state index < -0.39 is 0 Å². The molecule has 0 N–H and O–H groups in total. The molecule has 10 aromatic heterocycles. The molecule has 10 heteroatoms. The fourth-order valence-electron chi connectivity index (χ4n) is 12.9. The Morgan fingerprint density at radius 2 is 0.779 bits per heavy atom. The van der Waals surface area contributed by atoms with Crippen LogP contribution < -0.4 is 22.8 Å². The fraction of sp³-hybridized carbons (Fsp3) is 0.184. The first-order valence-corrected chi connectivity index (χ1v) is 29.9. The van der Waals surface area contributed by atoms with Gasteiger partial charge in [0.25, 0.3) is 0 Å². The van der Waals surface area contributed by atoms with Gasteiger partial charge in [-0.2, -0.15) is 22.8 Å². The van der Waals surface area contributed by atoms with Gasteiger partial charge < -0.3 is 0 Å². The van der Waals surface area contributed by atoms with Crippen LogP contribution in [0.3, 0.4) is 0 Å². The van der Waals surface area contributed by atoms with Gasteiger partial charge in [-0.25, -0.2) is 0 Å². The number of hydrogen-bond donors (Lipinski definition) is 0. The van der Waals surface area contributed by atoms with Gasteiger partial charge >= 0.3 is 0 Å². The second kappa shape index (κ2) is 23.5. The SMILES string of the molecule is CC(C)c1cc2c(cn1)-c1cccc[n+]1C2.Cc1cc[n+]2c(c1)-c1cnccc1C2.Cc1cccc(C)c1-c1cc2c(c(C)n1)-c1cccc[n+]1C2.Cc1cccc(C)c1-c1cc2c(cn1)-c1cccc[n+]1C2.c1cc[n+]2c(c1)-c1cnccc1C2. The van der Waals surface area contributed by atoms with Crippen LogP contribution in [0.2, 0.25) is 0 Å². The summed E-state index contributed by atoms with van der Waals surface area (Å²) in [7, 11) is 0. The van der Waals surface area contributed by atoms with Gasteiger partial charge in [0.05, 0.1) is 44.9 Å². The Hall–Kier alpha value is -10.1. The van der Waals surface area contributed by atoms with Crippen molar-refractivity contribution in [1.29, 1.82) is 0 Å². The molecule has 5 aliphatic heterocycles. The van der Waals surface area contributed by atoms with E-state index in [9.17, 15) is 0 Å². The fourth-order valence-corrected chi connectivity index (χ4v) is 12.9. The molecule has 86 heavy (non-hydrogen) atoms. The molecular weight excluding hydrogens is 1050 g/mol. The van der Waals surface area contributed by atoms with E-state index in [0.29, 0.717) is 5.92 Å². The number of fused-ring (bicyclic) bond motifs is 15. The topological polar surface area (TPSA) is 83.8 Å². The first-order valence-electron chi connectivity index (χ1n) is 29.9. The van der Waals surface area contributed by atoms with E-state index in [2.05, 4.69) is 276 Å². The van der Waals surface area contributed by atoms with Gasteiger partial charge in [0.2, 0.25) is 28.5 Å². The quantitative estimate of drug-likeness (QED) is 0.165. The van der Waals surface area contributed by atoms with Crippen molar-refractivity contribution in [2.24, 2.45) is 0 Å². The van der Waals surface area contributed by atoms with Crippen molar-refractivity contribution in [1.82, 2.24) is 24.9 Å². The molecule has 0 atom stereocenters. The summed E-state index contributed by atoms with van der Waals surface area (Å²) in [5, 5.41) is 0. The number of rotatable bonds is 3. The predicted molar refractivity (Wildman–Crippen MR) is 338 cm³/mol. The largest absolute Gasteiger partial charge is 0.264 e. The molecule has 12 aromatic rings. The molecule has 0 unspecified atom stereocenters. The lowest BCUT2D eigenvalue weighted by atomic mass is 9.96. The van der Waals surface area contributed by atoms with Gasteiger partial charge in [-0.1, -0.05) is 50.2 Å². The summed E-state index contributed by atoms with van der Waals surface area (Å²) in [6, 6.07) is 53.4. The standard InChI is InChI=1S/C20H19N2.C19H17N2.C14H15N2.C12H11N2.C11H9N2/c1-13-7-6-8-14(2)19(13)17-11-16-12-22-10-5-4-9-18(22)20(16)15(3)21-17;1-13-6-5-7-14(2)19(13)17-10-15-12-21-9-4-3-8-18(21)16(15)11-20-17;1-10(2)13-7-11-9-16-6-4-3-5-14(16)12(11)8-15-13;1-9-3-5-14-8-10-2-4-13-7-11(10)12(14)6-9;1-2-6-13-8-9-4-5-12-7-10(9)11(13)3-1/h4-11H,12H2,1-3H3;3-11H,12H2,1-2H3;3-8,10H,9H2,1-2H3;2-7H,8H2,1H3;1-7H,8H2/q5*+1. The van der Waals surface area contributed by atoms with Gasteiger partial charge in [-0.15, -0.1) is 0 Å². The number of aromatic nitrogens is 10. The number of pyridine rings is 10. The molecule has 0 bridgehead atoms. The van der Waals surface area contributed by atoms with E-state index in [0.717, 1.165) is 49.8 Å². The number of hydrogen-bond acceptors (Lipinski definition) is 5. The van der Waals surface area contributed by atoms with E-state index in [-0.39, 0.29) is 0 Å². The average molecular weight is 1120 g/mol. The zero-order valence-corrected chi connectivity index (χ0v) is 50.4. The van der Waals surface area contributed by atoms with Crippen LogP contribution in [-0.4, -0.2) is 24.9 Å². The minimum atomic E-state index is 0.499. The third-order valence-corrected chi connectivity index (χ3v) is 17.2. The van der Waals surface area contributed by atoms with Crippen LogP contribution in [0.15, 0.2) is 220 Å². The van der Waals surface area contributed by atoms with E-state index in [1.54, 1.807) is 0 Å². The van der Waals surface area contributed by atoms with Gasteiger partial charge in [0, 0.05) is 142 Å². The van der Waals surface area contributed by atoms with Crippen LogP contribution in [0.25, 0.3) is 78.8 Å². The van der Waals surface area contributed by atoms with Crippen molar-refractivity contribution in [3.8, 4) is 78.8 Å². The molecule has 2 aromatic carbocycles. The highest BCUT2D eigenvalue weighted by Gasteiger charge is 2.31. The van der Waals surface area contributed by atoms with Crippen LogP contribution in [0.4, 0.5) is 0 Å². The van der Waals surface area contributed by atoms with E-state index in [1.165, 1.54) is 129 Å². The second-order valence-electron chi connectivity index (χ2n) is 23.4. The minimum absolute atomic E-state index is 0.499. The van der Waals surface area contributed by atoms with E-state index in [4.69, 9.17) is 9.97 Å². The van der Waals surface area contributed by atoms with E-state index in [1.807, 2.05) is 37.2 Å². The molecule has 5 aliphatic rings. The van der Waals surface area contributed by atoms with E-state index >= 15 is 0 Å². The molecule has 0 radical (unpaired) electrons. The second-order valence-corrected chi connectivity index (χ2v) is 23.4. The monoisotopic (exact) mass is 1120 g/mol. The Morgan fingerprint density at radius 3 is 1.33 bits per heavy atom. The lowest BCUT2D eigenvalue weighted by molar-refractivity contribution is -0.672. The zero-order valence-electron chi connectivity index (χ0n) is 50.4. The molecule has 0 saturated carbocycles. The Kier molecular flexibility index (Phi) is 15.1. The summed E-state index contributed by atoms with van der Waals surface area (Å²) >= 11 is 0. The molecule has 0 aliphatic carbocycles. The van der Waals surface area contributed by atoms with Crippen LogP contribution in [0.1, 0.15) is 86.8 Å². The Bertz CT molecular complexity index is 4500. The summed E-state index contributed by atoms with van der Waals surface area (Å²) < 4.78 is 11.4. The molecule has 0 fully saturated rings. The summed E-state index contributed by atoms with van der Waals surface area (Å²) in [6.45, 7) is 22.1. The number of nitrogens with zero attached hydrogens (tertiary/aromatic N) is 10. The molecule has 0 spiro atoms. The van der Waals surface area contributed by atoms with Crippen LogP contribution in [0.5, 0.6) is 0 Å². The molecule has 420 valence electrons.